The Kier molecular flexibility index (Phi) is 5.60. The first-order chi connectivity index (χ1) is 17.4. The molecule has 0 spiro atoms. The highest BCUT2D eigenvalue weighted by molar-refractivity contribution is 5.83. The van der Waals surface area contributed by atoms with Crippen molar-refractivity contribution in [3.05, 3.63) is 101 Å². The molecule has 4 heteroatoms. The fraction of sp³-hybridized carbons (Fsp3) is 0.344. The number of halogens is 1. The third-order valence-corrected chi connectivity index (χ3v) is 8.79. The molecule has 0 amide bonds. The molecule has 0 aliphatic heterocycles. The number of aliphatic hydroxyl groups is 1. The van der Waals surface area contributed by atoms with Gasteiger partial charge in [-0.2, -0.15) is 5.10 Å². The van der Waals surface area contributed by atoms with Crippen LogP contribution >= 0.6 is 0 Å². The molecule has 184 valence electrons. The van der Waals surface area contributed by atoms with Gasteiger partial charge in [-0.1, -0.05) is 43.3 Å². The van der Waals surface area contributed by atoms with Crippen LogP contribution in [0.4, 0.5) is 4.39 Å². The molecule has 0 bridgehead atoms. The van der Waals surface area contributed by atoms with Gasteiger partial charge in [0.25, 0.3) is 0 Å². The topological polar surface area (TPSA) is 38.1 Å². The zero-order valence-corrected chi connectivity index (χ0v) is 21.0. The number of rotatable bonds is 3. The van der Waals surface area contributed by atoms with Crippen LogP contribution in [0.15, 0.2) is 78.5 Å². The SMILES string of the molecule is CC[C@@]12CC(=Cc3ccccc3)[C@](C)(O)C[C@@H]1CCCc1cc3c(cnn3-c3ccc(F)cc3)cc12. The molecular weight excluding hydrogens is 447 g/mol. The molecule has 2 aliphatic rings. The third-order valence-electron chi connectivity index (χ3n) is 8.79. The maximum Gasteiger partial charge on any atom is 0.123 e. The molecule has 1 aromatic heterocycles. The van der Waals surface area contributed by atoms with Gasteiger partial charge in [0.05, 0.1) is 23.0 Å². The summed E-state index contributed by atoms with van der Waals surface area (Å²) in [5.41, 5.74) is 6.19. The summed E-state index contributed by atoms with van der Waals surface area (Å²) in [4.78, 5) is 0. The van der Waals surface area contributed by atoms with E-state index in [1.54, 1.807) is 12.1 Å². The molecule has 36 heavy (non-hydrogen) atoms. The summed E-state index contributed by atoms with van der Waals surface area (Å²) in [5, 5.41) is 17.4. The Labute approximate surface area is 212 Å². The predicted octanol–water partition coefficient (Wildman–Crippen LogP) is 7.39. The Balaban J connectivity index is 1.49. The normalized spacial score (nSPS) is 27.0. The van der Waals surface area contributed by atoms with Crippen LogP contribution in [0.5, 0.6) is 0 Å². The number of aromatic nitrogens is 2. The van der Waals surface area contributed by atoms with Gasteiger partial charge in [-0.15, -0.1) is 0 Å². The molecule has 0 saturated heterocycles. The van der Waals surface area contributed by atoms with Crippen molar-refractivity contribution in [2.24, 2.45) is 5.92 Å². The molecular formula is C32H33FN2O. The number of nitrogens with zero attached hydrogens (tertiary/aromatic N) is 2. The summed E-state index contributed by atoms with van der Waals surface area (Å²) in [7, 11) is 0. The van der Waals surface area contributed by atoms with Crippen LogP contribution in [0.2, 0.25) is 0 Å². The number of hydrogen-bond donors (Lipinski definition) is 1. The Hall–Kier alpha value is -3.24. The first kappa shape index (κ1) is 23.2. The smallest absolute Gasteiger partial charge is 0.123 e. The van der Waals surface area contributed by atoms with Crippen molar-refractivity contribution >= 4 is 17.0 Å². The highest BCUT2D eigenvalue weighted by Gasteiger charge is 2.50. The molecule has 0 radical (unpaired) electrons. The highest BCUT2D eigenvalue weighted by atomic mass is 19.1. The second kappa shape index (κ2) is 8.70. The lowest BCUT2D eigenvalue weighted by atomic mass is 9.55. The summed E-state index contributed by atoms with van der Waals surface area (Å²) < 4.78 is 15.4. The zero-order chi connectivity index (χ0) is 24.9. The lowest BCUT2D eigenvalue weighted by Crippen LogP contribution is -2.47. The van der Waals surface area contributed by atoms with Crippen LogP contribution in [0.3, 0.4) is 0 Å². The Morgan fingerprint density at radius 1 is 1.11 bits per heavy atom. The molecule has 4 aromatic rings. The number of hydrogen-bond acceptors (Lipinski definition) is 2. The number of fused-ring (bicyclic) bond motifs is 4. The number of benzene rings is 3. The van der Waals surface area contributed by atoms with E-state index in [0.717, 1.165) is 66.3 Å². The maximum absolute atomic E-state index is 13.5. The Morgan fingerprint density at radius 3 is 2.64 bits per heavy atom. The molecule has 1 N–H and O–H groups in total. The monoisotopic (exact) mass is 480 g/mol. The first-order valence-electron chi connectivity index (χ1n) is 13.2. The largest absolute Gasteiger partial charge is 0.386 e. The zero-order valence-electron chi connectivity index (χ0n) is 21.0. The van der Waals surface area contributed by atoms with Gasteiger partial charge in [0.15, 0.2) is 0 Å². The minimum absolute atomic E-state index is 0.0130. The molecule has 1 heterocycles. The predicted molar refractivity (Wildman–Crippen MR) is 144 cm³/mol. The molecule has 0 unspecified atom stereocenters. The van der Waals surface area contributed by atoms with Crippen molar-refractivity contribution in [3.8, 4) is 5.69 Å². The fourth-order valence-electron chi connectivity index (χ4n) is 6.85. The van der Waals surface area contributed by atoms with Crippen molar-refractivity contribution in [2.45, 2.75) is 63.4 Å². The summed E-state index contributed by atoms with van der Waals surface area (Å²) in [6, 6.07) is 21.6. The Bertz CT molecular complexity index is 1430. The fourth-order valence-corrected chi connectivity index (χ4v) is 6.85. The van der Waals surface area contributed by atoms with Crippen LogP contribution in [-0.2, 0) is 11.8 Å². The van der Waals surface area contributed by atoms with Gasteiger partial charge in [-0.05, 0) is 110 Å². The lowest BCUT2D eigenvalue weighted by molar-refractivity contribution is 0.0136. The van der Waals surface area contributed by atoms with Gasteiger partial charge in [0.2, 0.25) is 0 Å². The second-order valence-corrected chi connectivity index (χ2v) is 10.9. The molecule has 3 aromatic carbocycles. The van der Waals surface area contributed by atoms with Gasteiger partial charge in [-0.3, -0.25) is 0 Å². The quantitative estimate of drug-likeness (QED) is 0.332. The Morgan fingerprint density at radius 2 is 1.89 bits per heavy atom. The van der Waals surface area contributed by atoms with Crippen molar-refractivity contribution < 1.29 is 9.50 Å². The molecule has 3 nitrogen and oxygen atoms in total. The van der Waals surface area contributed by atoms with Crippen molar-refractivity contribution in [3.63, 3.8) is 0 Å². The second-order valence-electron chi connectivity index (χ2n) is 10.9. The van der Waals surface area contributed by atoms with Crippen molar-refractivity contribution in [1.29, 1.82) is 0 Å². The maximum atomic E-state index is 13.5. The summed E-state index contributed by atoms with van der Waals surface area (Å²) in [6.07, 6.45) is 10.1. The molecule has 2 aliphatic carbocycles. The third kappa shape index (κ3) is 3.79. The van der Waals surface area contributed by atoms with E-state index >= 15 is 0 Å². The lowest BCUT2D eigenvalue weighted by Gasteiger charge is -2.50. The van der Waals surface area contributed by atoms with Crippen LogP contribution in [0.25, 0.3) is 22.7 Å². The van der Waals surface area contributed by atoms with E-state index in [1.165, 1.54) is 23.3 Å². The van der Waals surface area contributed by atoms with E-state index in [2.05, 4.69) is 54.5 Å². The van der Waals surface area contributed by atoms with Crippen LogP contribution in [-0.4, -0.2) is 20.5 Å². The molecule has 3 atom stereocenters. The standard InChI is InChI=1S/C32H33FN2O/c1-3-32-20-26(16-22-8-5-4-6-9-22)31(2,36)19-25(32)11-7-10-23-18-30-24(17-29(23)32)21-34-35(30)28-14-12-27(33)13-15-28/h4-6,8-9,12-18,21,25,36H,3,7,10-11,19-20H2,1-2H3/t25-,31+,32+/m0/s1. The first-order valence-corrected chi connectivity index (χ1v) is 13.2. The van der Waals surface area contributed by atoms with Crippen molar-refractivity contribution in [1.82, 2.24) is 9.78 Å². The van der Waals surface area contributed by atoms with Crippen LogP contribution < -0.4 is 0 Å². The van der Waals surface area contributed by atoms with Crippen LogP contribution in [0, 0.1) is 11.7 Å². The van der Waals surface area contributed by atoms with E-state index < -0.39 is 5.60 Å². The van der Waals surface area contributed by atoms with E-state index in [4.69, 9.17) is 0 Å². The summed E-state index contributed by atoms with van der Waals surface area (Å²) >= 11 is 0. The van der Waals surface area contributed by atoms with E-state index in [9.17, 15) is 9.50 Å². The van der Waals surface area contributed by atoms with Gasteiger partial charge < -0.3 is 5.11 Å². The van der Waals surface area contributed by atoms with Gasteiger partial charge in [0.1, 0.15) is 5.82 Å². The highest BCUT2D eigenvalue weighted by Crippen LogP contribution is 2.56. The van der Waals surface area contributed by atoms with E-state index in [1.807, 2.05) is 23.9 Å². The average Bonchev–Trinajstić information content (AvgIpc) is 3.22. The molecule has 1 saturated carbocycles. The van der Waals surface area contributed by atoms with Crippen LogP contribution in [0.1, 0.15) is 62.6 Å². The van der Waals surface area contributed by atoms with Crippen molar-refractivity contribution in [2.75, 3.05) is 0 Å². The summed E-state index contributed by atoms with van der Waals surface area (Å²) in [5.74, 6) is 0.184. The van der Waals surface area contributed by atoms with Gasteiger partial charge in [0, 0.05) is 10.8 Å². The van der Waals surface area contributed by atoms with Gasteiger partial charge >= 0.3 is 0 Å². The summed E-state index contributed by atoms with van der Waals surface area (Å²) in [6.45, 7) is 4.32. The number of aryl methyl sites for hydroxylation is 1. The van der Waals surface area contributed by atoms with E-state index in [0.29, 0.717) is 5.92 Å². The minimum atomic E-state index is -0.804. The molecule has 1 fully saturated rings. The average molecular weight is 481 g/mol. The minimum Gasteiger partial charge on any atom is -0.386 e. The van der Waals surface area contributed by atoms with Gasteiger partial charge in [-0.25, -0.2) is 9.07 Å². The molecule has 6 rings (SSSR count). The van der Waals surface area contributed by atoms with E-state index in [-0.39, 0.29) is 11.2 Å².